The van der Waals surface area contributed by atoms with Crippen molar-refractivity contribution in [2.45, 2.75) is 13.0 Å². The number of benzene rings is 2. The van der Waals surface area contributed by atoms with Crippen LogP contribution in [0.3, 0.4) is 0 Å². The van der Waals surface area contributed by atoms with Gasteiger partial charge in [0.25, 0.3) is 0 Å². The molecule has 3 aromatic rings. The minimum atomic E-state index is -0.949. The first-order chi connectivity index (χ1) is 12.1. The Morgan fingerprint density at radius 2 is 1.68 bits per heavy atom. The van der Waals surface area contributed by atoms with E-state index >= 15 is 0 Å². The number of nitrogens with one attached hydrogen (secondary N) is 2. The molecule has 0 fully saturated rings. The highest BCUT2D eigenvalue weighted by atomic mass is 16.4. The van der Waals surface area contributed by atoms with E-state index < -0.39 is 5.97 Å². The van der Waals surface area contributed by atoms with Gasteiger partial charge in [0, 0.05) is 17.8 Å². The van der Waals surface area contributed by atoms with E-state index in [0.29, 0.717) is 11.6 Å². The quantitative estimate of drug-likeness (QED) is 0.629. The summed E-state index contributed by atoms with van der Waals surface area (Å²) < 4.78 is 0. The molecule has 1 atom stereocenters. The van der Waals surface area contributed by atoms with E-state index in [1.807, 2.05) is 24.3 Å². The molecule has 25 heavy (non-hydrogen) atoms. The van der Waals surface area contributed by atoms with Gasteiger partial charge in [-0.1, -0.05) is 30.3 Å². The van der Waals surface area contributed by atoms with Crippen molar-refractivity contribution in [2.24, 2.45) is 0 Å². The molecule has 0 spiro atoms. The lowest BCUT2D eigenvalue weighted by Gasteiger charge is -2.15. The number of rotatable bonds is 6. The van der Waals surface area contributed by atoms with Crippen LogP contribution >= 0.6 is 0 Å². The predicted octanol–water partition coefficient (Wildman–Crippen LogP) is 4.09. The number of hydrogen-bond acceptors (Lipinski definition) is 5. The predicted molar refractivity (Wildman–Crippen MR) is 97.2 cm³/mol. The Bertz CT molecular complexity index is 851. The van der Waals surface area contributed by atoms with Gasteiger partial charge < -0.3 is 15.7 Å². The van der Waals surface area contributed by atoms with Gasteiger partial charge in [-0.25, -0.2) is 14.8 Å². The highest BCUT2D eigenvalue weighted by Gasteiger charge is 2.07. The number of carboxylic acid groups (broad SMARTS) is 1. The normalized spacial score (nSPS) is 11.6. The second kappa shape index (κ2) is 7.44. The molecule has 0 saturated heterocycles. The van der Waals surface area contributed by atoms with E-state index in [-0.39, 0.29) is 11.6 Å². The number of anilines is 3. The van der Waals surface area contributed by atoms with E-state index in [1.165, 1.54) is 11.9 Å². The summed E-state index contributed by atoms with van der Waals surface area (Å²) in [5.74, 6) is 0.381. The van der Waals surface area contributed by atoms with Gasteiger partial charge in [-0.05, 0) is 36.8 Å². The SMILES string of the molecule is CC(Nc1cc(Nc2ccc(C(=O)O)cc2)ncn1)c1ccccc1. The summed E-state index contributed by atoms with van der Waals surface area (Å²) >= 11 is 0. The fourth-order valence-corrected chi connectivity index (χ4v) is 2.40. The molecular formula is C19H18N4O2. The van der Waals surface area contributed by atoms with Crippen LogP contribution in [0.15, 0.2) is 67.0 Å². The molecule has 0 radical (unpaired) electrons. The van der Waals surface area contributed by atoms with Crippen LogP contribution in [-0.4, -0.2) is 21.0 Å². The third-order valence-corrected chi connectivity index (χ3v) is 3.74. The summed E-state index contributed by atoms with van der Waals surface area (Å²) in [6.45, 7) is 2.06. The molecule has 3 N–H and O–H groups in total. The number of carbonyl (C=O) groups is 1. The summed E-state index contributed by atoms with van der Waals surface area (Å²) in [7, 11) is 0. The average molecular weight is 334 g/mol. The molecule has 6 heteroatoms. The van der Waals surface area contributed by atoms with Crippen molar-refractivity contribution in [3.8, 4) is 0 Å². The maximum Gasteiger partial charge on any atom is 0.335 e. The van der Waals surface area contributed by atoms with Gasteiger partial charge in [0.15, 0.2) is 0 Å². The third-order valence-electron chi connectivity index (χ3n) is 3.74. The monoisotopic (exact) mass is 334 g/mol. The van der Waals surface area contributed by atoms with E-state index in [2.05, 4.69) is 39.7 Å². The van der Waals surface area contributed by atoms with Gasteiger partial charge >= 0.3 is 5.97 Å². The molecule has 1 heterocycles. The first-order valence-corrected chi connectivity index (χ1v) is 7.86. The topological polar surface area (TPSA) is 87.1 Å². The molecule has 1 aromatic heterocycles. The minimum absolute atomic E-state index is 0.110. The molecule has 6 nitrogen and oxygen atoms in total. The summed E-state index contributed by atoms with van der Waals surface area (Å²) in [5, 5.41) is 15.4. The second-order valence-corrected chi connectivity index (χ2v) is 5.57. The van der Waals surface area contributed by atoms with E-state index in [9.17, 15) is 4.79 Å². The van der Waals surface area contributed by atoms with Gasteiger partial charge in [-0.3, -0.25) is 0 Å². The maximum absolute atomic E-state index is 10.9. The van der Waals surface area contributed by atoms with Crippen LogP contribution in [0, 0.1) is 0 Å². The van der Waals surface area contributed by atoms with Crippen LogP contribution in [-0.2, 0) is 0 Å². The van der Waals surface area contributed by atoms with Crippen LogP contribution in [0.25, 0.3) is 0 Å². The molecule has 0 aliphatic rings. The molecule has 2 aromatic carbocycles. The molecule has 0 saturated carbocycles. The van der Waals surface area contributed by atoms with Crippen molar-refractivity contribution in [2.75, 3.05) is 10.6 Å². The van der Waals surface area contributed by atoms with Crippen molar-refractivity contribution in [3.63, 3.8) is 0 Å². The average Bonchev–Trinajstić information content (AvgIpc) is 2.63. The summed E-state index contributed by atoms with van der Waals surface area (Å²) in [4.78, 5) is 19.3. The van der Waals surface area contributed by atoms with Gasteiger partial charge in [0.1, 0.15) is 18.0 Å². The van der Waals surface area contributed by atoms with Crippen LogP contribution in [0.2, 0.25) is 0 Å². The molecule has 0 aliphatic carbocycles. The van der Waals surface area contributed by atoms with Crippen molar-refractivity contribution in [3.05, 3.63) is 78.1 Å². The molecule has 126 valence electrons. The van der Waals surface area contributed by atoms with Crippen LogP contribution in [0.5, 0.6) is 0 Å². The first kappa shape index (κ1) is 16.4. The van der Waals surface area contributed by atoms with Gasteiger partial charge in [0.2, 0.25) is 0 Å². The molecule has 0 bridgehead atoms. The Kier molecular flexibility index (Phi) is 4.89. The summed E-state index contributed by atoms with van der Waals surface area (Å²) in [6, 6.07) is 18.5. The van der Waals surface area contributed by atoms with E-state index in [0.717, 1.165) is 5.69 Å². The lowest BCUT2D eigenvalue weighted by Crippen LogP contribution is -2.08. The van der Waals surface area contributed by atoms with Crippen molar-refractivity contribution in [1.29, 1.82) is 0 Å². The lowest BCUT2D eigenvalue weighted by molar-refractivity contribution is 0.0697. The highest BCUT2D eigenvalue weighted by molar-refractivity contribution is 5.88. The van der Waals surface area contributed by atoms with Crippen molar-refractivity contribution < 1.29 is 9.90 Å². The van der Waals surface area contributed by atoms with Crippen LogP contribution in [0.1, 0.15) is 28.9 Å². The number of aromatic nitrogens is 2. The Morgan fingerprint density at radius 1 is 1.00 bits per heavy atom. The maximum atomic E-state index is 10.9. The Balaban J connectivity index is 1.70. The Hall–Kier alpha value is -3.41. The third kappa shape index (κ3) is 4.32. The van der Waals surface area contributed by atoms with E-state index in [1.54, 1.807) is 24.3 Å². The number of aromatic carboxylic acids is 1. The summed E-state index contributed by atoms with van der Waals surface area (Å²) in [6.07, 6.45) is 1.48. The summed E-state index contributed by atoms with van der Waals surface area (Å²) in [5.41, 5.74) is 2.16. The largest absolute Gasteiger partial charge is 0.478 e. The van der Waals surface area contributed by atoms with Gasteiger partial charge in [-0.2, -0.15) is 0 Å². The minimum Gasteiger partial charge on any atom is -0.478 e. The second-order valence-electron chi connectivity index (χ2n) is 5.57. The van der Waals surface area contributed by atoms with E-state index in [4.69, 9.17) is 5.11 Å². The molecule has 1 unspecified atom stereocenters. The van der Waals surface area contributed by atoms with Crippen molar-refractivity contribution in [1.82, 2.24) is 9.97 Å². The lowest BCUT2D eigenvalue weighted by atomic mass is 10.1. The van der Waals surface area contributed by atoms with Gasteiger partial charge in [0.05, 0.1) is 5.56 Å². The highest BCUT2D eigenvalue weighted by Crippen LogP contribution is 2.20. The zero-order valence-electron chi connectivity index (χ0n) is 13.7. The van der Waals surface area contributed by atoms with Crippen LogP contribution in [0.4, 0.5) is 17.3 Å². The molecule has 0 aliphatic heterocycles. The molecular weight excluding hydrogens is 316 g/mol. The van der Waals surface area contributed by atoms with Crippen molar-refractivity contribution >= 4 is 23.3 Å². The fourth-order valence-electron chi connectivity index (χ4n) is 2.40. The first-order valence-electron chi connectivity index (χ1n) is 7.86. The molecule has 0 amide bonds. The Labute approximate surface area is 145 Å². The van der Waals surface area contributed by atoms with Gasteiger partial charge in [-0.15, -0.1) is 0 Å². The Morgan fingerprint density at radius 3 is 2.36 bits per heavy atom. The zero-order valence-corrected chi connectivity index (χ0v) is 13.7. The number of nitrogens with zero attached hydrogens (tertiary/aromatic N) is 2. The smallest absolute Gasteiger partial charge is 0.335 e. The number of carboxylic acids is 1. The zero-order chi connectivity index (χ0) is 17.6. The number of hydrogen-bond donors (Lipinski definition) is 3. The standard InChI is InChI=1S/C19H18N4O2/c1-13(14-5-3-2-4-6-14)22-17-11-18(21-12-20-17)23-16-9-7-15(8-10-16)19(24)25/h2-13H,1H3,(H,24,25)(H2,20,21,22,23). The fraction of sp³-hybridized carbons (Fsp3) is 0.105. The molecule has 3 rings (SSSR count). The van der Waals surface area contributed by atoms with Crippen LogP contribution < -0.4 is 10.6 Å².